The highest BCUT2D eigenvalue weighted by molar-refractivity contribution is 9.10. The summed E-state index contributed by atoms with van der Waals surface area (Å²) in [5.74, 6) is 0.496. The summed E-state index contributed by atoms with van der Waals surface area (Å²) >= 11 is 3.39. The van der Waals surface area contributed by atoms with Crippen LogP contribution in [0.2, 0.25) is 0 Å². The molecule has 4 nitrogen and oxygen atoms in total. The average Bonchev–Trinajstić information content (AvgIpc) is 2.36. The zero-order chi connectivity index (χ0) is 12.7. The Kier molecular flexibility index (Phi) is 6.00. The highest BCUT2D eigenvalue weighted by Gasteiger charge is 2.16. The minimum atomic E-state index is -0.331. The van der Waals surface area contributed by atoms with Crippen LogP contribution in [-0.4, -0.2) is 32.8 Å². The molecule has 0 aliphatic carbocycles. The number of halogens is 1. The van der Waals surface area contributed by atoms with E-state index in [-0.39, 0.29) is 12.0 Å². The third kappa shape index (κ3) is 4.36. The van der Waals surface area contributed by atoms with E-state index in [1.54, 1.807) is 7.05 Å². The van der Waals surface area contributed by atoms with E-state index in [0.717, 1.165) is 10.2 Å². The third-order valence-electron chi connectivity index (χ3n) is 2.33. The van der Waals surface area contributed by atoms with E-state index in [0.29, 0.717) is 13.0 Å². The lowest BCUT2D eigenvalue weighted by atomic mass is 10.2. The summed E-state index contributed by atoms with van der Waals surface area (Å²) in [4.78, 5) is 11.3. The number of methoxy groups -OCH3 is 1. The number of carbonyl (C=O) groups excluding carboxylic acids is 1. The van der Waals surface area contributed by atoms with Gasteiger partial charge in [-0.05, 0) is 35.1 Å². The number of benzene rings is 1. The summed E-state index contributed by atoms with van der Waals surface area (Å²) in [6, 6.07) is 7.27. The molecule has 0 aliphatic heterocycles. The molecular weight excluding hydrogens is 286 g/mol. The quantitative estimate of drug-likeness (QED) is 0.816. The normalized spacial score (nSPS) is 11.9. The average molecular weight is 302 g/mol. The van der Waals surface area contributed by atoms with E-state index < -0.39 is 0 Å². The first kappa shape index (κ1) is 14.0. The number of nitrogens with one attached hydrogen (secondary N) is 1. The van der Waals surface area contributed by atoms with Gasteiger partial charge in [0.05, 0.1) is 18.2 Å². The highest BCUT2D eigenvalue weighted by Crippen LogP contribution is 2.23. The van der Waals surface area contributed by atoms with Gasteiger partial charge in [-0.15, -0.1) is 0 Å². The first-order valence-electron chi connectivity index (χ1n) is 5.31. The van der Waals surface area contributed by atoms with Crippen LogP contribution in [0.25, 0.3) is 0 Å². The van der Waals surface area contributed by atoms with E-state index in [9.17, 15) is 4.79 Å². The van der Waals surface area contributed by atoms with Crippen LogP contribution in [0.3, 0.4) is 0 Å². The second-order valence-electron chi connectivity index (χ2n) is 3.43. The predicted molar refractivity (Wildman–Crippen MR) is 69.1 cm³/mol. The van der Waals surface area contributed by atoms with E-state index >= 15 is 0 Å². The van der Waals surface area contributed by atoms with Gasteiger partial charge in [0.2, 0.25) is 0 Å². The van der Waals surface area contributed by atoms with Gasteiger partial charge in [0.15, 0.2) is 0 Å². The second-order valence-corrected chi connectivity index (χ2v) is 4.29. The zero-order valence-corrected chi connectivity index (χ0v) is 11.5. The van der Waals surface area contributed by atoms with Crippen molar-refractivity contribution in [3.8, 4) is 5.75 Å². The lowest BCUT2D eigenvalue weighted by Gasteiger charge is -2.14. The molecule has 0 aliphatic rings. The Hall–Kier alpha value is -1.07. The maximum absolute atomic E-state index is 11.3. The third-order valence-corrected chi connectivity index (χ3v) is 2.99. The van der Waals surface area contributed by atoms with Gasteiger partial charge in [-0.25, -0.2) is 0 Å². The van der Waals surface area contributed by atoms with Crippen molar-refractivity contribution in [1.82, 2.24) is 5.32 Å². The molecule has 1 atom stereocenters. The Morgan fingerprint density at radius 2 is 2.18 bits per heavy atom. The first-order valence-corrected chi connectivity index (χ1v) is 6.10. The number of likely N-dealkylation sites (N-methyl/N-ethyl adjacent to an activating group) is 1. The van der Waals surface area contributed by atoms with Crippen molar-refractivity contribution < 1.29 is 14.3 Å². The van der Waals surface area contributed by atoms with Crippen LogP contribution in [0, 0.1) is 0 Å². The minimum absolute atomic E-state index is 0.275. The summed E-state index contributed by atoms with van der Waals surface area (Å²) in [7, 11) is 3.10. The molecule has 1 rings (SSSR count). The van der Waals surface area contributed by atoms with Crippen LogP contribution < -0.4 is 10.1 Å². The van der Waals surface area contributed by atoms with Crippen LogP contribution in [0.1, 0.15) is 6.42 Å². The topological polar surface area (TPSA) is 47.6 Å². The Balaban J connectivity index is 2.42. The molecule has 0 saturated carbocycles. The van der Waals surface area contributed by atoms with Crippen LogP contribution in [-0.2, 0) is 9.53 Å². The minimum Gasteiger partial charge on any atom is -0.492 e. The summed E-state index contributed by atoms with van der Waals surface area (Å²) in [6.07, 6.45) is 0.560. The van der Waals surface area contributed by atoms with E-state index in [2.05, 4.69) is 26.0 Å². The largest absolute Gasteiger partial charge is 0.492 e. The smallest absolute Gasteiger partial charge is 0.322 e. The number of carbonyl (C=O) groups is 1. The van der Waals surface area contributed by atoms with E-state index in [1.165, 1.54) is 7.11 Å². The monoisotopic (exact) mass is 301 g/mol. The SMILES string of the molecule is CNC(CCOc1ccccc1Br)C(=O)OC. The Bertz CT molecular complexity index is 371. The van der Waals surface area contributed by atoms with Gasteiger partial charge in [0.1, 0.15) is 11.8 Å². The summed E-state index contributed by atoms with van der Waals surface area (Å²) in [6.45, 7) is 0.448. The van der Waals surface area contributed by atoms with Gasteiger partial charge in [0, 0.05) is 6.42 Å². The molecular formula is C12H16BrNO3. The first-order chi connectivity index (χ1) is 8.19. The molecule has 1 aromatic rings. The van der Waals surface area contributed by atoms with E-state index in [4.69, 9.17) is 4.74 Å². The van der Waals surface area contributed by atoms with Crippen molar-refractivity contribution in [1.29, 1.82) is 0 Å². The van der Waals surface area contributed by atoms with E-state index in [1.807, 2.05) is 24.3 Å². The Morgan fingerprint density at radius 1 is 1.47 bits per heavy atom. The maximum Gasteiger partial charge on any atom is 0.322 e. The Labute approximate surface area is 109 Å². The number of ether oxygens (including phenoxy) is 2. The predicted octanol–water partition coefficient (Wildman–Crippen LogP) is 1.98. The fourth-order valence-electron chi connectivity index (χ4n) is 1.37. The van der Waals surface area contributed by atoms with Crippen LogP contribution >= 0.6 is 15.9 Å². The van der Waals surface area contributed by atoms with Crippen molar-refractivity contribution in [3.63, 3.8) is 0 Å². The highest BCUT2D eigenvalue weighted by atomic mass is 79.9. The lowest BCUT2D eigenvalue weighted by molar-refractivity contribution is -0.143. The fraction of sp³-hybridized carbons (Fsp3) is 0.417. The molecule has 0 fully saturated rings. The van der Waals surface area contributed by atoms with Gasteiger partial charge in [-0.3, -0.25) is 4.79 Å². The van der Waals surface area contributed by atoms with Gasteiger partial charge in [0.25, 0.3) is 0 Å². The van der Waals surface area contributed by atoms with Gasteiger partial charge < -0.3 is 14.8 Å². The Morgan fingerprint density at radius 3 is 2.76 bits per heavy atom. The molecule has 0 bridgehead atoms. The van der Waals surface area contributed by atoms with Crippen molar-refractivity contribution >= 4 is 21.9 Å². The molecule has 1 N–H and O–H groups in total. The zero-order valence-electron chi connectivity index (χ0n) is 9.90. The van der Waals surface area contributed by atoms with Gasteiger partial charge >= 0.3 is 5.97 Å². The molecule has 0 radical (unpaired) electrons. The van der Waals surface area contributed by atoms with Crippen LogP contribution in [0.15, 0.2) is 28.7 Å². The number of esters is 1. The molecule has 1 unspecified atom stereocenters. The molecule has 5 heteroatoms. The summed E-state index contributed by atoms with van der Waals surface area (Å²) < 4.78 is 11.1. The molecule has 17 heavy (non-hydrogen) atoms. The molecule has 94 valence electrons. The molecule has 0 saturated heterocycles. The number of para-hydroxylation sites is 1. The molecule has 0 spiro atoms. The molecule has 0 heterocycles. The van der Waals surface area contributed by atoms with Crippen molar-refractivity contribution in [2.45, 2.75) is 12.5 Å². The second kappa shape index (κ2) is 7.29. The van der Waals surface area contributed by atoms with Gasteiger partial charge in [-0.2, -0.15) is 0 Å². The van der Waals surface area contributed by atoms with Crippen molar-refractivity contribution in [3.05, 3.63) is 28.7 Å². The summed E-state index contributed by atoms with van der Waals surface area (Å²) in [5, 5.41) is 2.89. The molecule has 0 aromatic heterocycles. The number of hydrogen-bond donors (Lipinski definition) is 1. The molecule has 1 aromatic carbocycles. The fourth-order valence-corrected chi connectivity index (χ4v) is 1.77. The van der Waals surface area contributed by atoms with Gasteiger partial charge in [-0.1, -0.05) is 12.1 Å². The summed E-state index contributed by atoms with van der Waals surface area (Å²) in [5.41, 5.74) is 0. The maximum atomic E-state index is 11.3. The standard InChI is InChI=1S/C12H16BrNO3/c1-14-10(12(15)16-2)7-8-17-11-6-4-3-5-9(11)13/h3-6,10,14H,7-8H2,1-2H3. The van der Waals surface area contributed by atoms with Crippen molar-refractivity contribution in [2.75, 3.05) is 20.8 Å². The van der Waals surface area contributed by atoms with Crippen LogP contribution in [0.4, 0.5) is 0 Å². The number of rotatable bonds is 6. The van der Waals surface area contributed by atoms with Crippen LogP contribution in [0.5, 0.6) is 5.75 Å². The van der Waals surface area contributed by atoms with Crippen molar-refractivity contribution in [2.24, 2.45) is 0 Å². The molecule has 0 amide bonds. The number of hydrogen-bond acceptors (Lipinski definition) is 4. The lowest BCUT2D eigenvalue weighted by Crippen LogP contribution is -2.36.